The molecule has 106 valence electrons. The minimum atomic E-state index is -0.209. The van der Waals surface area contributed by atoms with E-state index < -0.39 is 0 Å². The van der Waals surface area contributed by atoms with Crippen LogP contribution in [-0.4, -0.2) is 11.6 Å². The average molecular weight is 262 g/mol. The highest BCUT2D eigenvalue weighted by molar-refractivity contribution is 5.74. The van der Waals surface area contributed by atoms with E-state index in [1.807, 2.05) is 30.3 Å². The molecule has 3 heteroatoms. The number of carbonyl (C=O) groups excluding carboxylic acids is 1. The highest BCUT2D eigenvalue weighted by Crippen LogP contribution is 2.26. The quantitative estimate of drug-likeness (QED) is 0.853. The lowest BCUT2D eigenvalue weighted by Crippen LogP contribution is -2.49. The lowest BCUT2D eigenvalue weighted by molar-refractivity contribution is 0.210. The zero-order chi connectivity index (χ0) is 14.5. The van der Waals surface area contributed by atoms with Crippen LogP contribution in [0.15, 0.2) is 30.3 Å². The first-order valence-corrected chi connectivity index (χ1v) is 6.78. The Balaban J connectivity index is 2.43. The maximum absolute atomic E-state index is 11.9. The number of nitrogens with one attached hydrogen (secondary N) is 2. The fraction of sp³-hybridized carbons (Fsp3) is 0.562. The molecule has 19 heavy (non-hydrogen) atoms. The zero-order valence-corrected chi connectivity index (χ0v) is 12.7. The molecule has 0 bridgehead atoms. The molecule has 0 aliphatic heterocycles. The lowest BCUT2D eigenvalue weighted by atomic mass is 9.82. The van der Waals surface area contributed by atoms with Crippen molar-refractivity contribution in [2.45, 2.75) is 53.1 Å². The van der Waals surface area contributed by atoms with E-state index in [-0.39, 0.29) is 17.0 Å². The molecule has 1 aromatic rings. The topological polar surface area (TPSA) is 41.1 Å². The van der Waals surface area contributed by atoms with Crippen molar-refractivity contribution in [1.29, 1.82) is 0 Å². The molecule has 0 unspecified atom stereocenters. The number of hydrogen-bond acceptors (Lipinski definition) is 1. The monoisotopic (exact) mass is 262 g/mol. The smallest absolute Gasteiger partial charge is 0.315 e. The molecule has 0 saturated carbocycles. The molecule has 2 amide bonds. The van der Waals surface area contributed by atoms with Crippen LogP contribution in [0.3, 0.4) is 0 Å². The van der Waals surface area contributed by atoms with Gasteiger partial charge in [-0.2, -0.15) is 0 Å². The van der Waals surface area contributed by atoms with E-state index >= 15 is 0 Å². The fourth-order valence-electron chi connectivity index (χ4n) is 2.50. The molecule has 0 aliphatic rings. The molecular weight excluding hydrogens is 236 g/mol. The van der Waals surface area contributed by atoms with Crippen molar-refractivity contribution >= 4 is 6.03 Å². The maximum Gasteiger partial charge on any atom is 0.315 e. The Kier molecular flexibility index (Phi) is 4.98. The van der Waals surface area contributed by atoms with Crippen LogP contribution in [0.25, 0.3) is 0 Å². The van der Waals surface area contributed by atoms with Gasteiger partial charge < -0.3 is 10.6 Å². The molecule has 0 spiro atoms. The molecule has 2 N–H and O–H groups in total. The van der Waals surface area contributed by atoms with E-state index in [1.54, 1.807) is 0 Å². The number of benzene rings is 1. The van der Waals surface area contributed by atoms with Crippen molar-refractivity contribution in [3.05, 3.63) is 35.9 Å². The van der Waals surface area contributed by atoms with E-state index in [4.69, 9.17) is 0 Å². The van der Waals surface area contributed by atoms with Crippen LogP contribution >= 0.6 is 0 Å². The van der Waals surface area contributed by atoms with Crippen molar-refractivity contribution in [3.8, 4) is 0 Å². The van der Waals surface area contributed by atoms with E-state index in [9.17, 15) is 4.79 Å². The highest BCUT2D eigenvalue weighted by Gasteiger charge is 2.26. The average Bonchev–Trinajstić information content (AvgIpc) is 2.23. The largest absolute Gasteiger partial charge is 0.334 e. The molecule has 0 aliphatic carbocycles. The lowest BCUT2D eigenvalue weighted by Gasteiger charge is -2.33. The summed E-state index contributed by atoms with van der Waals surface area (Å²) in [6.07, 6.45) is 0.929. The van der Waals surface area contributed by atoms with Gasteiger partial charge in [0.25, 0.3) is 0 Å². The Morgan fingerprint density at radius 3 is 2.16 bits per heavy atom. The van der Waals surface area contributed by atoms with Gasteiger partial charge in [-0.3, -0.25) is 0 Å². The summed E-state index contributed by atoms with van der Waals surface area (Å²) in [7, 11) is 0. The number of amides is 2. The van der Waals surface area contributed by atoms with Gasteiger partial charge in [0.15, 0.2) is 0 Å². The summed E-state index contributed by atoms with van der Waals surface area (Å²) in [4.78, 5) is 11.9. The van der Waals surface area contributed by atoms with Crippen LogP contribution in [0, 0.1) is 5.41 Å². The van der Waals surface area contributed by atoms with E-state index in [2.05, 4.69) is 45.3 Å². The number of hydrogen-bond donors (Lipinski definition) is 2. The minimum absolute atomic E-state index is 0.113. The van der Waals surface area contributed by atoms with Gasteiger partial charge in [0.2, 0.25) is 0 Å². The predicted octanol–water partition coefficient (Wildman–Crippen LogP) is 3.70. The van der Waals surface area contributed by atoms with E-state index in [1.165, 1.54) is 0 Å². The normalized spacial score (nSPS) is 12.1. The second kappa shape index (κ2) is 6.09. The second-order valence-electron chi connectivity index (χ2n) is 6.91. The van der Waals surface area contributed by atoms with Gasteiger partial charge in [-0.15, -0.1) is 0 Å². The minimum Gasteiger partial charge on any atom is -0.334 e. The SMILES string of the molecule is CC(C)(C)CC(C)(C)NC(=O)NCc1ccccc1. The van der Waals surface area contributed by atoms with Crippen molar-refractivity contribution < 1.29 is 4.79 Å². The second-order valence-corrected chi connectivity index (χ2v) is 6.91. The Labute approximate surface area is 116 Å². The molecule has 0 radical (unpaired) electrons. The summed E-state index contributed by atoms with van der Waals surface area (Å²) >= 11 is 0. The molecule has 0 fully saturated rings. The summed E-state index contributed by atoms with van der Waals surface area (Å²) in [5, 5.41) is 5.92. The summed E-state index contributed by atoms with van der Waals surface area (Å²) < 4.78 is 0. The Bertz CT molecular complexity index is 405. The molecule has 0 aromatic heterocycles. The first-order valence-electron chi connectivity index (χ1n) is 6.78. The Morgan fingerprint density at radius 2 is 1.63 bits per heavy atom. The fourth-order valence-corrected chi connectivity index (χ4v) is 2.50. The summed E-state index contributed by atoms with van der Waals surface area (Å²) in [6, 6.07) is 9.80. The Morgan fingerprint density at radius 1 is 1.05 bits per heavy atom. The third-order valence-electron chi connectivity index (χ3n) is 2.72. The first kappa shape index (κ1) is 15.5. The van der Waals surface area contributed by atoms with Crippen LogP contribution in [0.5, 0.6) is 0 Å². The molecule has 0 saturated heterocycles. The van der Waals surface area contributed by atoms with Gasteiger partial charge in [-0.25, -0.2) is 4.79 Å². The maximum atomic E-state index is 11.9. The van der Waals surface area contributed by atoms with Crippen molar-refractivity contribution in [3.63, 3.8) is 0 Å². The number of rotatable bonds is 4. The molecule has 1 rings (SSSR count). The molecule has 1 aromatic carbocycles. The predicted molar refractivity (Wildman–Crippen MR) is 80.0 cm³/mol. The summed E-state index contributed by atoms with van der Waals surface area (Å²) in [5.41, 5.74) is 1.08. The molecule has 3 nitrogen and oxygen atoms in total. The van der Waals surface area contributed by atoms with Gasteiger partial charge in [0.1, 0.15) is 0 Å². The van der Waals surface area contributed by atoms with Gasteiger partial charge in [0.05, 0.1) is 0 Å². The van der Waals surface area contributed by atoms with Crippen LogP contribution in [0.4, 0.5) is 4.79 Å². The molecule has 0 heterocycles. The van der Waals surface area contributed by atoms with Crippen LogP contribution in [-0.2, 0) is 6.54 Å². The third-order valence-corrected chi connectivity index (χ3v) is 2.72. The molecule has 0 atom stereocenters. The van der Waals surface area contributed by atoms with E-state index in [0.717, 1.165) is 12.0 Å². The zero-order valence-electron chi connectivity index (χ0n) is 12.7. The van der Waals surface area contributed by atoms with Crippen LogP contribution in [0.2, 0.25) is 0 Å². The van der Waals surface area contributed by atoms with Crippen molar-refractivity contribution in [2.24, 2.45) is 5.41 Å². The van der Waals surface area contributed by atoms with Gasteiger partial charge in [-0.1, -0.05) is 51.1 Å². The Hall–Kier alpha value is -1.51. The van der Waals surface area contributed by atoms with Crippen LogP contribution < -0.4 is 10.6 Å². The van der Waals surface area contributed by atoms with Gasteiger partial charge >= 0.3 is 6.03 Å². The van der Waals surface area contributed by atoms with E-state index in [0.29, 0.717) is 6.54 Å². The van der Waals surface area contributed by atoms with Crippen molar-refractivity contribution in [1.82, 2.24) is 10.6 Å². The first-order chi connectivity index (χ1) is 8.68. The number of carbonyl (C=O) groups is 1. The van der Waals surface area contributed by atoms with Crippen molar-refractivity contribution in [2.75, 3.05) is 0 Å². The summed E-state index contributed by atoms with van der Waals surface area (Å²) in [6.45, 7) is 11.2. The summed E-state index contributed by atoms with van der Waals surface area (Å²) in [5.74, 6) is 0. The molecular formula is C16H26N2O. The third kappa shape index (κ3) is 6.85. The van der Waals surface area contributed by atoms with Gasteiger partial charge in [0, 0.05) is 12.1 Å². The van der Waals surface area contributed by atoms with Gasteiger partial charge in [-0.05, 0) is 31.2 Å². The standard InChI is InChI=1S/C16H26N2O/c1-15(2,3)12-16(4,5)18-14(19)17-11-13-9-7-6-8-10-13/h6-10H,11-12H2,1-5H3,(H2,17,18,19). The van der Waals surface area contributed by atoms with Crippen LogP contribution in [0.1, 0.15) is 46.6 Å². The highest BCUT2D eigenvalue weighted by atomic mass is 16.2. The number of urea groups is 1.